The molecule has 2 aromatic carbocycles. The Bertz CT molecular complexity index is 1320. The molecule has 2 aromatic heterocycles. The molecule has 0 aliphatic carbocycles. The average Bonchev–Trinajstić information content (AvgIpc) is 3.36. The van der Waals surface area contributed by atoms with E-state index in [4.69, 9.17) is 15.5 Å². The van der Waals surface area contributed by atoms with Crippen LogP contribution in [0.25, 0.3) is 33.5 Å². The molecule has 0 spiro atoms. The van der Waals surface area contributed by atoms with E-state index in [1.807, 2.05) is 37.1 Å². The second-order valence-corrected chi connectivity index (χ2v) is 8.73. The molecule has 1 aliphatic heterocycles. The van der Waals surface area contributed by atoms with Crippen LogP contribution in [0.1, 0.15) is 30.6 Å². The standard InChI is InChI=1S/C26H31N5O2/c1-4-31-21-9-7-6-8-17(21)15-23(31)25-28-20-14-18(10-11-22(20)29(25)3)26(32)30-13-12-24(33-5-2)19(27)16-30/h6-11,14-15,19,24H,4-5,12-13,16,27H2,1-3H3/t19-,24+/m0/s1. The number of nitrogens with zero attached hydrogens (tertiary/aromatic N) is 4. The van der Waals surface area contributed by atoms with Crippen LogP contribution in [0.15, 0.2) is 48.5 Å². The Kier molecular flexibility index (Phi) is 5.68. The topological polar surface area (TPSA) is 78.3 Å². The van der Waals surface area contributed by atoms with Gasteiger partial charge < -0.3 is 24.5 Å². The van der Waals surface area contributed by atoms with E-state index in [-0.39, 0.29) is 18.1 Å². The van der Waals surface area contributed by atoms with Crippen molar-refractivity contribution in [1.82, 2.24) is 19.0 Å². The maximum absolute atomic E-state index is 13.2. The van der Waals surface area contributed by atoms with Gasteiger partial charge in [0.25, 0.3) is 5.91 Å². The fourth-order valence-corrected chi connectivity index (χ4v) is 5.05. The van der Waals surface area contributed by atoms with Crippen LogP contribution in [-0.2, 0) is 18.3 Å². The minimum Gasteiger partial charge on any atom is -0.377 e. The Morgan fingerprint density at radius 3 is 2.73 bits per heavy atom. The number of benzene rings is 2. The maximum atomic E-state index is 13.2. The lowest BCUT2D eigenvalue weighted by atomic mass is 10.0. The Hall–Kier alpha value is -3.16. The SMILES string of the molecule is CCO[C@@H]1CCN(C(=O)c2ccc3c(c2)nc(-c2cc4ccccc4n2CC)n3C)C[C@@H]1N. The summed E-state index contributed by atoms with van der Waals surface area (Å²) in [4.78, 5) is 20.0. The number of likely N-dealkylation sites (tertiary alicyclic amines) is 1. The Morgan fingerprint density at radius 2 is 1.97 bits per heavy atom. The lowest BCUT2D eigenvalue weighted by Gasteiger charge is -2.36. The number of carbonyl (C=O) groups is 1. The van der Waals surface area contributed by atoms with Crippen molar-refractivity contribution in [3.05, 3.63) is 54.1 Å². The quantitative estimate of drug-likeness (QED) is 0.507. The van der Waals surface area contributed by atoms with Crippen LogP contribution < -0.4 is 5.73 Å². The monoisotopic (exact) mass is 445 g/mol. The molecule has 0 saturated carbocycles. The van der Waals surface area contributed by atoms with Gasteiger partial charge in [-0.25, -0.2) is 4.98 Å². The number of hydrogen-bond acceptors (Lipinski definition) is 4. The minimum absolute atomic E-state index is 0.00262. The molecule has 7 heteroatoms. The predicted octanol–water partition coefficient (Wildman–Crippen LogP) is 3.79. The van der Waals surface area contributed by atoms with Crippen molar-refractivity contribution in [2.45, 2.75) is 39.0 Å². The van der Waals surface area contributed by atoms with E-state index in [0.717, 1.165) is 35.5 Å². The van der Waals surface area contributed by atoms with Gasteiger partial charge in [0.2, 0.25) is 0 Å². The molecule has 2 N–H and O–H groups in total. The van der Waals surface area contributed by atoms with E-state index in [2.05, 4.69) is 46.4 Å². The number of ether oxygens (including phenoxy) is 1. The molecule has 33 heavy (non-hydrogen) atoms. The first-order valence-electron chi connectivity index (χ1n) is 11.7. The zero-order valence-corrected chi connectivity index (χ0v) is 19.5. The molecule has 2 atom stereocenters. The third kappa shape index (κ3) is 3.71. The minimum atomic E-state index is -0.163. The lowest BCUT2D eigenvalue weighted by molar-refractivity contribution is 0.00180. The number of nitrogens with two attached hydrogens (primary N) is 1. The van der Waals surface area contributed by atoms with Crippen LogP contribution in [0.4, 0.5) is 0 Å². The van der Waals surface area contributed by atoms with Gasteiger partial charge in [0, 0.05) is 55.8 Å². The molecular weight excluding hydrogens is 414 g/mol. The third-order valence-corrected chi connectivity index (χ3v) is 6.74. The number of piperidine rings is 1. The molecule has 1 aliphatic rings. The highest BCUT2D eigenvalue weighted by molar-refractivity contribution is 5.98. The second-order valence-electron chi connectivity index (χ2n) is 8.73. The number of aryl methyl sites for hydroxylation is 2. The first-order valence-corrected chi connectivity index (χ1v) is 11.7. The van der Waals surface area contributed by atoms with Crippen LogP contribution in [0, 0.1) is 0 Å². The first kappa shape index (κ1) is 21.7. The van der Waals surface area contributed by atoms with Crippen molar-refractivity contribution in [3.63, 3.8) is 0 Å². The summed E-state index contributed by atoms with van der Waals surface area (Å²) >= 11 is 0. The Morgan fingerprint density at radius 1 is 1.15 bits per heavy atom. The van der Waals surface area contributed by atoms with E-state index in [1.54, 1.807) is 0 Å². The average molecular weight is 446 g/mol. The lowest BCUT2D eigenvalue weighted by Crippen LogP contribution is -2.53. The van der Waals surface area contributed by atoms with Gasteiger partial charge in [0.05, 0.1) is 22.8 Å². The van der Waals surface area contributed by atoms with E-state index >= 15 is 0 Å². The molecule has 1 fully saturated rings. The fraction of sp³-hybridized carbons (Fsp3) is 0.385. The number of rotatable bonds is 5. The van der Waals surface area contributed by atoms with Crippen molar-refractivity contribution in [2.24, 2.45) is 12.8 Å². The van der Waals surface area contributed by atoms with Gasteiger partial charge >= 0.3 is 0 Å². The van der Waals surface area contributed by atoms with Crippen molar-refractivity contribution < 1.29 is 9.53 Å². The number of carbonyl (C=O) groups excluding carboxylic acids is 1. The molecule has 1 amide bonds. The number of amides is 1. The Labute approximate surface area is 193 Å². The van der Waals surface area contributed by atoms with Crippen LogP contribution in [0.5, 0.6) is 0 Å². The van der Waals surface area contributed by atoms with Crippen LogP contribution in [-0.4, -0.2) is 56.8 Å². The summed E-state index contributed by atoms with van der Waals surface area (Å²) in [5.41, 5.74) is 11.0. The van der Waals surface area contributed by atoms with Crippen molar-refractivity contribution in [1.29, 1.82) is 0 Å². The van der Waals surface area contributed by atoms with E-state index in [0.29, 0.717) is 25.3 Å². The van der Waals surface area contributed by atoms with Gasteiger partial charge in [-0.15, -0.1) is 0 Å². The van der Waals surface area contributed by atoms with Gasteiger partial charge in [-0.05, 0) is 50.6 Å². The Balaban J connectivity index is 1.48. The maximum Gasteiger partial charge on any atom is 0.253 e. The molecule has 0 unspecified atom stereocenters. The van der Waals surface area contributed by atoms with Crippen LogP contribution >= 0.6 is 0 Å². The number of imidazole rings is 1. The van der Waals surface area contributed by atoms with Crippen molar-refractivity contribution in [3.8, 4) is 11.5 Å². The summed E-state index contributed by atoms with van der Waals surface area (Å²) in [6, 6.07) is 16.2. The van der Waals surface area contributed by atoms with Crippen LogP contribution in [0.2, 0.25) is 0 Å². The highest BCUT2D eigenvalue weighted by Gasteiger charge is 2.30. The summed E-state index contributed by atoms with van der Waals surface area (Å²) in [6.45, 7) is 6.77. The molecule has 3 heterocycles. The van der Waals surface area contributed by atoms with Crippen molar-refractivity contribution >= 4 is 27.8 Å². The fourth-order valence-electron chi connectivity index (χ4n) is 5.05. The van der Waals surface area contributed by atoms with E-state index in [9.17, 15) is 4.79 Å². The van der Waals surface area contributed by atoms with Gasteiger partial charge in [-0.2, -0.15) is 0 Å². The zero-order chi connectivity index (χ0) is 23.1. The number of para-hydroxylation sites is 1. The van der Waals surface area contributed by atoms with Crippen molar-refractivity contribution in [2.75, 3.05) is 19.7 Å². The molecule has 4 aromatic rings. The zero-order valence-electron chi connectivity index (χ0n) is 19.5. The molecule has 7 nitrogen and oxygen atoms in total. The molecule has 172 valence electrons. The predicted molar refractivity (Wildman–Crippen MR) is 131 cm³/mol. The number of aromatic nitrogens is 3. The summed E-state index contributed by atoms with van der Waals surface area (Å²) in [5.74, 6) is 0.893. The van der Waals surface area contributed by atoms with Gasteiger partial charge in [-0.3, -0.25) is 4.79 Å². The molecular formula is C26H31N5O2. The molecule has 0 bridgehead atoms. The summed E-state index contributed by atoms with van der Waals surface area (Å²) in [5, 5.41) is 1.20. The summed E-state index contributed by atoms with van der Waals surface area (Å²) in [6.07, 6.45) is 0.781. The highest BCUT2D eigenvalue weighted by atomic mass is 16.5. The number of hydrogen-bond donors (Lipinski definition) is 1. The smallest absolute Gasteiger partial charge is 0.253 e. The normalized spacial score (nSPS) is 19.0. The van der Waals surface area contributed by atoms with Gasteiger partial charge in [0.1, 0.15) is 0 Å². The highest BCUT2D eigenvalue weighted by Crippen LogP contribution is 2.30. The first-order chi connectivity index (χ1) is 16.0. The summed E-state index contributed by atoms with van der Waals surface area (Å²) in [7, 11) is 2.03. The molecule has 1 saturated heterocycles. The number of fused-ring (bicyclic) bond motifs is 2. The van der Waals surface area contributed by atoms with Gasteiger partial charge in [0.15, 0.2) is 5.82 Å². The third-order valence-electron chi connectivity index (χ3n) is 6.74. The van der Waals surface area contributed by atoms with Gasteiger partial charge in [-0.1, -0.05) is 18.2 Å². The van der Waals surface area contributed by atoms with E-state index < -0.39 is 0 Å². The second kappa shape index (κ2) is 8.65. The molecule has 0 radical (unpaired) electrons. The largest absolute Gasteiger partial charge is 0.377 e. The van der Waals surface area contributed by atoms with Crippen LogP contribution in [0.3, 0.4) is 0 Å². The summed E-state index contributed by atoms with van der Waals surface area (Å²) < 4.78 is 10.1. The van der Waals surface area contributed by atoms with E-state index in [1.165, 1.54) is 10.9 Å². The molecule has 5 rings (SSSR count).